The number of ether oxygens (including phenoxy) is 1. The molecule has 0 spiro atoms. The van der Waals surface area contributed by atoms with Gasteiger partial charge in [-0.2, -0.15) is 13.5 Å². The summed E-state index contributed by atoms with van der Waals surface area (Å²) in [6.07, 6.45) is 0. The second-order valence-corrected chi connectivity index (χ2v) is 8.96. The van der Waals surface area contributed by atoms with Crippen molar-refractivity contribution in [3.05, 3.63) is 48.0 Å². The van der Waals surface area contributed by atoms with Gasteiger partial charge in [-0.05, 0) is 36.1 Å². The van der Waals surface area contributed by atoms with Gasteiger partial charge in [-0.3, -0.25) is 4.55 Å². The van der Waals surface area contributed by atoms with E-state index in [4.69, 9.17) is 4.74 Å². The number of methoxy groups -OCH3 is 1. The third kappa shape index (κ3) is 6.08. The van der Waals surface area contributed by atoms with Crippen LogP contribution in [0.2, 0.25) is 0 Å². The van der Waals surface area contributed by atoms with E-state index in [1.54, 1.807) is 6.92 Å². The number of hydrogen-bond donors (Lipinski definition) is 1. The van der Waals surface area contributed by atoms with Gasteiger partial charge in [0.05, 0.1) is 17.7 Å². The predicted molar refractivity (Wildman–Crippen MR) is 103 cm³/mol. The molecule has 0 heterocycles. The number of nitrogens with zero attached hydrogens (tertiary/aromatic N) is 2. The van der Waals surface area contributed by atoms with Crippen molar-refractivity contribution in [1.29, 1.82) is 0 Å². The van der Waals surface area contributed by atoms with Gasteiger partial charge < -0.3 is 14.4 Å². The molecule has 0 aromatic heterocycles. The Hall–Kier alpha value is -1.06. The van der Waals surface area contributed by atoms with Crippen molar-refractivity contribution in [1.82, 2.24) is 0 Å². The molecule has 3 aromatic carbocycles. The number of fused-ring (bicyclic) bond motifs is 1. The maximum atomic E-state index is 12.3. The van der Waals surface area contributed by atoms with Crippen molar-refractivity contribution < 1.29 is 94.9 Å². The molecule has 0 aliphatic rings. The van der Waals surface area contributed by atoms with Gasteiger partial charge in [-0.1, -0.05) is 30.0 Å². The van der Waals surface area contributed by atoms with E-state index in [1.807, 2.05) is 0 Å². The zero-order valence-corrected chi connectivity index (χ0v) is 23.2. The summed E-state index contributed by atoms with van der Waals surface area (Å²) >= 11 is 0. The third-order valence-corrected chi connectivity index (χ3v) is 5.95. The minimum Gasteiger partial charge on any atom is -0.871 e. The smallest absolute Gasteiger partial charge is 0.871 e. The Bertz CT molecular complexity index is 1410. The Balaban J connectivity index is 0.00000256. The summed E-state index contributed by atoms with van der Waals surface area (Å²) in [5, 5.41) is 20.4. The Labute approximate surface area is 228 Å². The molecule has 0 saturated carbocycles. The first kappa shape index (κ1) is 29.0. The SMILES string of the molecule is COc1c(C)ccc(S(=O)(=O)O)c1N=Nc1c([O-])ccc2cc(S(=O)(=O)[O-])ccc12.[Na+].[Na+]. The maximum Gasteiger partial charge on any atom is 1.00 e. The van der Waals surface area contributed by atoms with E-state index < -0.39 is 35.8 Å². The summed E-state index contributed by atoms with van der Waals surface area (Å²) in [4.78, 5) is -1.05. The Morgan fingerprint density at radius 1 is 0.938 bits per heavy atom. The van der Waals surface area contributed by atoms with Crippen molar-refractivity contribution in [2.24, 2.45) is 10.2 Å². The summed E-state index contributed by atoms with van der Waals surface area (Å²) in [6, 6.07) is 8.30. The van der Waals surface area contributed by atoms with Gasteiger partial charge in [0.1, 0.15) is 20.7 Å². The predicted octanol–water partition coefficient (Wildman–Crippen LogP) is -3.20. The van der Waals surface area contributed by atoms with Gasteiger partial charge in [0.25, 0.3) is 10.1 Å². The fraction of sp³-hybridized carbons (Fsp3) is 0.111. The van der Waals surface area contributed by atoms with Crippen LogP contribution >= 0.6 is 0 Å². The van der Waals surface area contributed by atoms with Crippen LogP contribution in [0.4, 0.5) is 11.4 Å². The fourth-order valence-electron chi connectivity index (χ4n) is 2.84. The van der Waals surface area contributed by atoms with Crippen molar-refractivity contribution in [2.45, 2.75) is 16.7 Å². The fourth-order valence-corrected chi connectivity index (χ4v) is 3.97. The molecule has 0 atom stereocenters. The normalized spacial score (nSPS) is 11.8. The molecule has 0 bridgehead atoms. The minimum atomic E-state index is -4.70. The van der Waals surface area contributed by atoms with Crippen LogP contribution in [0.1, 0.15) is 5.56 Å². The second-order valence-electron chi connectivity index (χ2n) is 6.19. The summed E-state index contributed by atoms with van der Waals surface area (Å²) < 4.78 is 71.7. The average Bonchev–Trinajstić information content (AvgIpc) is 2.65. The van der Waals surface area contributed by atoms with E-state index in [-0.39, 0.29) is 87.0 Å². The van der Waals surface area contributed by atoms with E-state index in [0.717, 1.165) is 24.3 Å². The summed E-state index contributed by atoms with van der Waals surface area (Å²) in [5.41, 5.74) is -0.0215. The van der Waals surface area contributed by atoms with Crippen LogP contribution in [0.15, 0.2) is 62.5 Å². The van der Waals surface area contributed by atoms with Gasteiger partial charge in [-0.25, -0.2) is 8.42 Å². The molecular formula is C18H14N2Na2O8S2. The van der Waals surface area contributed by atoms with Crippen LogP contribution < -0.4 is 69.0 Å². The Morgan fingerprint density at radius 3 is 2.12 bits per heavy atom. The summed E-state index contributed by atoms with van der Waals surface area (Å²) in [6.45, 7) is 1.62. The van der Waals surface area contributed by atoms with Crippen LogP contribution in [0.3, 0.4) is 0 Å². The van der Waals surface area contributed by atoms with Crippen molar-refractivity contribution in [3.63, 3.8) is 0 Å². The van der Waals surface area contributed by atoms with Crippen LogP contribution in [0.25, 0.3) is 10.8 Å². The molecule has 1 N–H and O–H groups in total. The van der Waals surface area contributed by atoms with Crippen molar-refractivity contribution in [2.75, 3.05) is 7.11 Å². The molecule has 32 heavy (non-hydrogen) atoms. The van der Waals surface area contributed by atoms with E-state index in [9.17, 15) is 31.0 Å². The molecular weight excluding hydrogens is 482 g/mol. The van der Waals surface area contributed by atoms with Gasteiger partial charge in [0, 0.05) is 5.39 Å². The van der Waals surface area contributed by atoms with E-state index in [2.05, 4.69) is 10.2 Å². The topological polar surface area (TPSA) is 169 Å². The van der Waals surface area contributed by atoms with E-state index in [0.29, 0.717) is 5.56 Å². The number of hydrogen-bond acceptors (Lipinski definition) is 9. The van der Waals surface area contributed by atoms with Crippen molar-refractivity contribution >= 4 is 42.4 Å². The first-order chi connectivity index (χ1) is 13.9. The van der Waals surface area contributed by atoms with Crippen LogP contribution in [0.5, 0.6) is 11.5 Å². The molecule has 0 aliphatic carbocycles. The van der Waals surface area contributed by atoms with Crippen LogP contribution in [-0.2, 0) is 20.2 Å². The van der Waals surface area contributed by atoms with Crippen molar-refractivity contribution in [3.8, 4) is 11.5 Å². The molecule has 10 nitrogen and oxygen atoms in total. The molecule has 14 heteroatoms. The Morgan fingerprint density at radius 2 is 1.56 bits per heavy atom. The molecule has 0 aliphatic heterocycles. The molecule has 3 aromatic rings. The third-order valence-electron chi connectivity index (χ3n) is 4.24. The van der Waals surface area contributed by atoms with Gasteiger partial charge >= 0.3 is 59.1 Å². The second kappa shape index (κ2) is 10.9. The molecule has 3 rings (SSSR count). The van der Waals surface area contributed by atoms with E-state index >= 15 is 0 Å². The summed E-state index contributed by atoms with van der Waals surface area (Å²) in [7, 11) is -8.10. The zero-order chi connectivity index (χ0) is 22.3. The number of azo groups is 1. The largest absolute Gasteiger partial charge is 1.00 e. The molecule has 0 saturated heterocycles. The first-order valence-corrected chi connectivity index (χ1v) is 11.0. The molecule has 0 amide bonds. The molecule has 0 unspecified atom stereocenters. The van der Waals surface area contributed by atoms with Gasteiger partial charge in [0.15, 0.2) is 5.75 Å². The van der Waals surface area contributed by atoms with E-state index in [1.165, 1.54) is 25.3 Å². The standard InChI is InChI=1S/C18H16N2O8S2.2Na/c1-10-3-8-15(30(25,26)27)17(18(10)28-2)20-19-16-13-6-5-12(29(22,23)24)9-11(13)4-7-14(16)21;;/h3-9,21H,1-2H3,(H,22,23,24)(H,25,26,27);;/q;2*+1/p-2. The first-order valence-electron chi connectivity index (χ1n) is 8.20. The maximum absolute atomic E-state index is 12.3. The molecule has 0 radical (unpaired) electrons. The van der Waals surface area contributed by atoms with Gasteiger partial charge in [-0.15, -0.1) is 5.11 Å². The molecule has 158 valence electrons. The van der Waals surface area contributed by atoms with Crippen LogP contribution in [-0.4, -0.2) is 33.1 Å². The Kier molecular flexibility index (Phi) is 9.88. The van der Waals surface area contributed by atoms with Gasteiger partial charge in [0.2, 0.25) is 0 Å². The quantitative estimate of drug-likeness (QED) is 0.219. The number of aryl methyl sites for hydroxylation is 1. The van der Waals surface area contributed by atoms with Crippen LogP contribution in [0, 0.1) is 6.92 Å². The number of benzene rings is 3. The minimum absolute atomic E-state index is 0. The summed E-state index contributed by atoms with van der Waals surface area (Å²) in [5.74, 6) is -0.551. The average molecular weight is 496 g/mol. The monoisotopic (exact) mass is 496 g/mol. The number of rotatable bonds is 5. The zero-order valence-electron chi connectivity index (χ0n) is 17.6. The molecule has 0 fully saturated rings.